The molecule has 0 spiro atoms. The minimum absolute atomic E-state index is 0.0896. The van der Waals surface area contributed by atoms with Crippen LogP contribution in [-0.2, 0) is 4.79 Å². The Balaban J connectivity index is 1.85. The van der Waals surface area contributed by atoms with Gasteiger partial charge in [-0.1, -0.05) is 13.0 Å². The molecule has 1 amide bonds. The van der Waals surface area contributed by atoms with E-state index >= 15 is 0 Å². The third kappa shape index (κ3) is 2.49. The molecule has 4 rings (SSSR count). The Labute approximate surface area is 148 Å². The van der Waals surface area contributed by atoms with E-state index in [4.69, 9.17) is 0 Å². The predicted molar refractivity (Wildman–Crippen MR) is 98.3 cm³/mol. The van der Waals surface area contributed by atoms with Crippen molar-refractivity contribution in [2.75, 3.05) is 11.4 Å². The molecule has 5 heteroatoms. The van der Waals surface area contributed by atoms with E-state index < -0.39 is 5.72 Å². The summed E-state index contributed by atoms with van der Waals surface area (Å²) in [5.74, 6) is 0.276. The van der Waals surface area contributed by atoms with Crippen molar-refractivity contribution in [2.24, 2.45) is 11.8 Å². The number of pyridine rings is 1. The predicted octanol–water partition coefficient (Wildman–Crippen LogP) is 2.60. The van der Waals surface area contributed by atoms with Gasteiger partial charge in [0.15, 0.2) is 5.72 Å². The van der Waals surface area contributed by atoms with Gasteiger partial charge in [0, 0.05) is 36.7 Å². The van der Waals surface area contributed by atoms with Crippen molar-refractivity contribution in [3.05, 3.63) is 36.0 Å². The number of rotatable bonds is 3. The molecule has 1 aromatic carbocycles. The van der Waals surface area contributed by atoms with Gasteiger partial charge in [-0.15, -0.1) is 0 Å². The Bertz CT molecular complexity index is 833. The quantitative estimate of drug-likeness (QED) is 0.902. The summed E-state index contributed by atoms with van der Waals surface area (Å²) < 4.78 is 0. The summed E-state index contributed by atoms with van der Waals surface area (Å²) >= 11 is 0. The topological polar surface area (TPSA) is 65.5 Å². The summed E-state index contributed by atoms with van der Waals surface area (Å²) in [5.41, 5.74) is 2.06. The molecule has 2 N–H and O–H groups in total. The lowest BCUT2D eigenvalue weighted by Crippen LogP contribution is -2.59. The molecule has 1 saturated heterocycles. The van der Waals surface area contributed by atoms with Crippen LogP contribution < -0.4 is 10.2 Å². The van der Waals surface area contributed by atoms with Crippen LogP contribution >= 0.6 is 0 Å². The number of hydrogen-bond donors (Lipinski definition) is 2. The second kappa shape index (κ2) is 5.70. The highest BCUT2D eigenvalue weighted by atomic mass is 16.3. The first kappa shape index (κ1) is 16.3. The summed E-state index contributed by atoms with van der Waals surface area (Å²) in [4.78, 5) is 18.4. The van der Waals surface area contributed by atoms with E-state index in [1.54, 1.807) is 6.20 Å². The molecule has 1 aliphatic carbocycles. The Hall–Kier alpha value is -2.14. The molecule has 0 unspecified atom stereocenters. The van der Waals surface area contributed by atoms with Crippen molar-refractivity contribution >= 4 is 22.5 Å². The monoisotopic (exact) mass is 339 g/mol. The molecule has 3 atom stereocenters. The van der Waals surface area contributed by atoms with Gasteiger partial charge in [-0.3, -0.25) is 9.78 Å². The normalized spacial score (nSPS) is 29.2. The highest BCUT2D eigenvalue weighted by Gasteiger charge is 2.59. The molecule has 1 aromatic heterocycles. The van der Waals surface area contributed by atoms with Gasteiger partial charge >= 0.3 is 0 Å². The zero-order valence-corrected chi connectivity index (χ0v) is 15.0. The number of nitrogens with zero attached hydrogens (tertiary/aromatic N) is 2. The van der Waals surface area contributed by atoms with Gasteiger partial charge in [0.05, 0.1) is 11.6 Å². The molecule has 1 saturated carbocycles. The molecule has 1 aliphatic heterocycles. The molecule has 2 fully saturated rings. The van der Waals surface area contributed by atoms with Crippen molar-refractivity contribution in [3.63, 3.8) is 0 Å². The van der Waals surface area contributed by atoms with Gasteiger partial charge in [-0.2, -0.15) is 0 Å². The van der Waals surface area contributed by atoms with Crippen LogP contribution in [0.25, 0.3) is 10.9 Å². The molecule has 2 aliphatic rings. The fraction of sp³-hybridized carbons (Fsp3) is 0.500. The standard InChI is InChI=1S/C20H25N3O2/c1-12-6-9-17(16-5-4-10-21-18(12)16)23-11-13(2)19(22-14(3)24)20(23,25)15-7-8-15/h4-6,9-10,13,15,19,25H,7-8,11H2,1-3H3,(H,22,24)/t13-,19-,20+/m1/s1. The average molecular weight is 339 g/mol. The first-order valence-electron chi connectivity index (χ1n) is 9.04. The molecule has 0 radical (unpaired) electrons. The third-order valence-corrected chi connectivity index (χ3v) is 5.71. The second-order valence-corrected chi connectivity index (χ2v) is 7.62. The Morgan fingerprint density at radius 2 is 2.12 bits per heavy atom. The van der Waals surface area contributed by atoms with Crippen molar-refractivity contribution in [3.8, 4) is 0 Å². The Morgan fingerprint density at radius 3 is 2.80 bits per heavy atom. The molecule has 5 nitrogen and oxygen atoms in total. The van der Waals surface area contributed by atoms with Crippen LogP contribution in [-0.4, -0.2) is 34.3 Å². The van der Waals surface area contributed by atoms with E-state index in [0.29, 0.717) is 6.54 Å². The van der Waals surface area contributed by atoms with Crippen molar-refractivity contribution in [1.29, 1.82) is 0 Å². The van der Waals surface area contributed by atoms with E-state index in [1.165, 1.54) is 6.92 Å². The van der Waals surface area contributed by atoms with E-state index in [1.807, 2.05) is 6.07 Å². The number of aromatic nitrogens is 1. The lowest BCUT2D eigenvalue weighted by Gasteiger charge is -2.40. The zero-order valence-electron chi connectivity index (χ0n) is 15.0. The fourth-order valence-electron chi connectivity index (χ4n) is 4.40. The summed E-state index contributed by atoms with van der Waals surface area (Å²) in [6, 6.07) is 7.88. The maximum Gasteiger partial charge on any atom is 0.217 e. The van der Waals surface area contributed by atoms with Crippen LogP contribution in [0.4, 0.5) is 5.69 Å². The molecular formula is C20H25N3O2. The van der Waals surface area contributed by atoms with E-state index in [9.17, 15) is 9.90 Å². The zero-order chi connectivity index (χ0) is 17.8. The van der Waals surface area contributed by atoms with Crippen molar-refractivity contribution < 1.29 is 9.90 Å². The number of aliphatic hydroxyl groups is 1. The number of carbonyl (C=O) groups is 1. The third-order valence-electron chi connectivity index (χ3n) is 5.71. The van der Waals surface area contributed by atoms with E-state index in [2.05, 4.69) is 47.2 Å². The van der Waals surface area contributed by atoms with Crippen molar-refractivity contribution in [1.82, 2.24) is 10.3 Å². The van der Waals surface area contributed by atoms with Crippen LogP contribution in [0.3, 0.4) is 0 Å². The minimum Gasteiger partial charge on any atom is -0.369 e. The average Bonchev–Trinajstić information content (AvgIpc) is 3.40. The largest absolute Gasteiger partial charge is 0.369 e. The minimum atomic E-state index is -1.04. The number of aryl methyl sites for hydroxylation is 1. The number of fused-ring (bicyclic) bond motifs is 1. The molecule has 2 heterocycles. The highest BCUT2D eigenvalue weighted by molar-refractivity contribution is 5.94. The molecule has 2 aromatic rings. The van der Waals surface area contributed by atoms with Crippen LogP contribution in [0, 0.1) is 18.8 Å². The lowest BCUT2D eigenvalue weighted by atomic mass is 9.93. The Morgan fingerprint density at radius 1 is 1.36 bits per heavy atom. The molecular weight excluding hydrogens is 314 g/mol. The maximum atomic E-state index is 11.7. The van der Waals surface area contributed by atoms with Gasteiger partial charge in [-0.25, -0.2) is 0 Å². The number of amides is 1. The number of nitrogens with one attached hydrogen (secondary N) is 1. The second-order valence-electron chi connectivity index (χ2n) is 7.62. The Kier molecular flexibility index (Phi) is 3.72. The molecule has 0 bridgehead atoms. The molecule has 132 valence electrons. The number of benzene rings is 1. The smallest absolute Gasteiger partial charge is 0.217 e. The van der Waals surface area contributed by atoms with Crippen LogP contribution in [0.2, 0.25) is 0 Å². The summed E-state index contributed by atoms with van der Waals surface area (Å²) in [6.45, 7) is 6.39. The highest BCUT2D eigenvalue weighted by Crippen LogP contribution is 2.51. The number of carbonyl (C=O) groups excluding carboxylic acids is 1. The lowest BCUT2D eigenvalue weighted by molar-refractivity contribution is -0.122. The van der Waals surface area contributed by atoms with E-state index in [-0.39, 0.29) is 23.8 Å². The van der Waals surface area contributed by atoms with Crippen LogP contribution in [0.5, 0.6) is 0 Å². The van der Waals surface area contributed by atoms with Crippen LogP contribution in [0.1, 0.15) is 32.3 Å². The van der Waals surface area contributed by atoms with Gasteiger partial charge in [0.25, 0.3) is 0 Å². The SMILES string of the molecule is CC(=O)N[C@@H]1[C@H](C)CN(c2ccc(C)c3ncccc23)[C@]1(O)C1CC1. The first-order valence-corrected chi connectivity index (χ1v) is 9.04. The summed E-state index contributed by atoms with van der Waals surface area (Å²) in [7, 11) is 0. The summed E-state index contributed by atoms with van der Waals surface area (Å²) in [6.07, 6.45) is 3.80. The van der Waals surface area contributed by atoms with Gasteiger partial charge < -0.3 is 15.3 Å². The number of hydrogen-bond acceptors (Lipinski definition) is 4. The first-order chi connectivity index (χ1) is 11.9. The molecule has 25 heavy (non-hydrogen) atoms. The fourth-order valence-corrected chi connectivity index (χ4v) is 4.40. The maximum absolute atomic E-state index is 11.7. The summed E-state index contributed by atoms with van der Waals surface area (Å²) in [5, 5.41) is 15.8. The van der Waals surface area contributed by atoms with Gasteiger partial charge in [-0.05, 0) is 49.4 Å². The van der Waals surface area contributed by atoms with E-state index in [0.717, 1.165) is 35.0 Å². The van der Waals surface area contributed by atoms with Crippen LogP contribution in [0.15, 0.2) is 30.5 Å². The van der Waals surface area contributed by atoms with Gasteiger partial charge in [0.1, 0.15) is 0 Å². The number of anilines is 1. The van der Waals surface area contributed by atoms with Gasteiger partial charge in [0.2, 0.25) is 5.91 Å². The van der Waals surface area contributed by atoms with Crippen molar-refractivity contribution in [2.45, 2.75) is 45.4 Å².